The summed E-state index contributed by atoms with van der Waals surface area (Å²) in [5, 5.41) is 0.544. The number of esters is 1. The largest absolute Gasteiger partial charge is 0.467 e. The number of rotatable bonds is 6. The molecule has 2 aromatic heterocycles. The number of ether oxygens (including phenoxy) is 1. The number of benzene rings is 1. The number of carbonyl (C=O) groups is 2. The van der Waals surface area contributed by atoms with Crippen molar-refractivity contribution in [2.45, 2.75) is 20.4 Å². The van der Waals surface area contributed by atoms with Crippen LogP contribution in [0.5, 0.6) is 0 Å². The van der Waals surface area contributed by atoms with Crippen LogP contribution in [0.1, 0.15) is 37.9 Å². The van der Waals surface area contributed by atoms with Crippen LogP contribution in [0.4, 0.5) is 0 Å². The van der Waals surface area contributed by atoms with Crippen LogP contribution >= 0.6 is 11.6 Å². The van der Waals surface area contributed by atoms with Crippen molar-refractivity contribution in [2.24, 2.45) is 0 Å². The van der Waals surface area contributed by atoms with E-state index in [-0.39, 0.29) is 12.4 Å². The fraction of sp³-hybridized carbons (Fsp3) is 0.200. The quantitative estimate of drug-likeness (QED) is 0.474. The summed E-state index contributed by atoms with van der Waals surface area (Å²) in [4.78, 5) is 24.5. The average molecular weight is 372 g/mol. The van der Waals surface area contributed by atoms with Crippen LogP contribution < -0.4 is 0 Å². The number of nitrogens with zero attached hydrogens (tertiary/aromatic N) is 1. The monoisotopic (exact) mass is 371 g/mol. The summed E-state index contributed by atoms with van der Waals surface area (Å²) in [7, 11) is 0. The van der Waals surface area contributed by atoms with Crippen molar-refractivity contribution >= 4 is 23.4 Å². The Labute approximate surface area is 156 Å². The molecule has 0 saturated carbocycles. The second-order valence-corrected chi connectivity index (χ2v) is 6.39. The molecule has 5 nitrogen and oxygen atoms in total. The van der Waals surface area contributed by atoms with Crippen LogP contribution in [0.15, 0.2) is 53.1 Å². The third-order valence-corrected chi connectivity index (χ3v) is 4.44. The molecule has 0 amide bonds. The summed E-state index contributed by atoms with van der Waals surface area (Å²) in [6.45, 7) is 3.96. The second-order valence-electron chi connectivity index (χ2n) is 5.96. The summed E-state index contributed by atoms with van der Waals surface area (Å²) in [5.74, 6) is -0.00449. The first kappa shape index (κ1) is 18.0. The van der Waals surface area contributed by atoms with E-state index in [9.17, 15) is 9.59 Å². The molecule has 0 saturated heterocycles. The highest BCUT2D eigenvalue weighted by Crippen LogP contribution is 2.18. The molecule has 0 atom stereocenters. The summed E-state index contributed by atoms with van der Waals surface area (Å²) >= 11 is 5.80. The highest BCUT2D eigenvalue weighted by atomic mass is 35.5. The second kappa shape index (κ2) is 7.62. The van der Waals surface area contributed by atoms with E-state index in [1.54, 1.807) is 36.6 Å². The maximum atomic E-state index is 12.4. The van der Waals surface area contributed by atoms with Gasteiger partial charge in [0.15, 0.2) is 12.4 Å². The maximum Gasteiger partial charge on any atom is 0.340 e. The predicted octanol–water partition coefficient (Wildman–Crippen LogP) is 4.44. The van der Waals surface area contributed by atoms with Gasteiger partial charge in [0, 0.05) is 22.0 Å². The molecule has 134 valence electrons. The Bertz CT molecular complexity index is 924. The standard InChI is InChI=1S/C20H18ClNO4/c1-13-10-18(14(2)22(13)11-17-4-3-9-25-17)20(24)26-12-19(23)15-5-7-16(21)8-6-15/h3-10H,11-12H2,1-2H3. The highest BCUT2D eigenvalue weighted by molar-refractivity contribution is 6.30. The summed E-state index contributed by atoms with van der Waals surface area (Å²) in [6, 6.07) is 11.9. The third kappa shape index (κ3) is 3.89. The van der Waals surface area contributed by atoms with Crippen LogP contribution in [0.25, 0.3) is 0 Å². The molecule has 26 heavy (non-hydrogen) atoms. The molecule has 0 radical (unpaired) electrons. The number of aromatic nitrogens is 1. The van der Waals surface area contributed by atoms with Crippen molar-refractivity contribution in [3.8, 4) is 0 Å². The van der Waals surface area contributed by atoms with Crippen molar-refractivity contribution in [2.75, 3.05) is 6.61 Å². The first-order valence-corrected chi connectivity index (χ1v) is 8.48. The first-order chi connectivity index (χ1) is 12.5. The lowest BCUT2D eigenvalue weighted by Crippen LogP contribution is -2.15. The Balaban J connectivity index is 1.68. The zero-order valence-electron chi connectivity index (χ0n) is 14.5. The van der Waals surface area contributed by atoms with Gasteiger partial charge in [-0.05, 0) is 56.3 Å². The average Bonchev–Trinajstić information content (AvgIpc) is 3.24. The van der Waals surface area contributed by atoms with Gasteiger partial charge in [-0.2, -0.15) is 0 Å². The number of halogens is 1. The Morgan fingerprint density at radius 3 is 2.54 bits per heavy atom. The van der Waals surface area contributed by atoms with Crippen LogP contribution in [0.2, 0.25) is 5.02 Å². The molecule has 0 aliphatic carbocycles. The van der Waals surface area contributed by atoms with E-state index < -0.39 is 5.97 Å². The van der Waals surface area contributed by atoms with Gasteiger partial charge in [0.2, 0.25) is 0 Å². The van der Waals surface area contributed by atoms with Crippen LogP contribution in [0.3, 0.4) is 0 Å². The molecule has 3 rings (SSSR count). The number of furan rings is 1. The molecular weight excluding hydrogens is 354 g/mol. The van der Waals surface area contributed by atoms with Crippen molar-refractivity contribution in [3.05, 3.63) is 82.0 Å². The molecule has 0 aliphatic rings. The molecular formula is C20H18ClNO4. The minimum absolute atomic E-state index is 0.278. The number of carbonyl (C=O) groups excluding carboxylic acids is 2. The van der Waals surface area contributed by atoms with Gasteiger partial charge in [0.1, 0.15) is 5.76 Å². The topological polar surface area (TPSA) is 61.4 Å². The van der Waals surface area contributed by atoms with Crippen molar-refractivity contribution in [1.82, 2.24) is 4.57 Å². The summed E-state index contributed by atoms with van der Waals surface area (Å²) in [6.07, 6.45) is 1.61. The van der Waals surface area contributed by atoms with Gasteiger partial charge in [-0.3, -0.25) is 4.79 Å². The normalized spacial score (nSPS) is 10.7. The summed E-state index contributed by atoms with van der Waals surface area (Å²) in [5.41, 5.74) is 2.57. The van der Waals surface area contributed by atoms with E-state index in [0.717, 1.165) is 17.1 Å². The number of Topliss-reactive ketones (excluding diaryl/α,β-unsaturated/α-hetero) is 1. The minimum atomic E-state index is -0.522. The van der Waals surface area contributed by atoms with Gasteiger partial charge in [0.25, 0.3) is 0 Å². The molecule has 6 heteroatoms. The fourth-order valence-corrected chi connectivity index (χ4v) is 2.86. The number of hydrogen-bond acceptors (Lipinski definition) is 4. The van der Waals surface area contributed by atoms with Crippen molar-refractivity contribution < 1.29 is 18.7 Å². The molecule has 2 heterocycles. The van der Waals surface area contributed by atoms with Gasteiger partial charge in [0.05, 0.1) is 18.4 Å². The number of hydrogen-bond donors (Lipinski definition) is 0. The lowest BCUT2D eigenvalue weighted by atomic mass is 10.1. The van der Waals surface area contributed by atoms with Gasteiger partial charge < -0.3 is 13.7 Å². The van der Waals surface area contributed by atoms with Crippen LogP contribution in [0, 0.1) is 13.8 Å². The molecule has 0 aliphatic heterocycles. The Morgan fingerprint density at radius 2 is 1.88 bits per heavy atom. The van der Waals surface area contributed by atoms with Crippen molar-refractivity contribution in [1.29, 1.82) is 0 Å². The van der Waals surface area contributed by atoms with Crippen LogP contribution in [-0.2, 0) is 11.3 Å². The lowest BCUT2D eigenvalue weighted by molar-refractivity contribution is 0.0474. The van der Waals surface area contributed by atoms with Gasteiger partial charge in [-0.1, -0.05) is 11.6 Å². The zero-order chi connectivity index (χ0) is 18.7. The number of ketones is 1. The maximum absolute atomic E-state index is 12.4. The Hall–Kier alpha value is -2.79. The van der Waals surface area contributed by atoms with Crippen LogP contribution in [-0.4, -0.2) is 22.9 Å². The smallest absolute Gasteiger partial charge is 0.340 e. The lowest BCUT2D eigenvalue weighted by Gasteiger charge is -2.08. The molecule has 0 unspecified atom stereocenters. The third-order valence-electron chi connectivity index (χ3n) is 4.19. The molecule has 0 fully saturated rings. The Kier molecular flexibility index (Phi) is 5.28. The van der Waals surface area contributed by atoms with E-state index in [2.05, 4.69) is 0 Å². The van der Waals surface area contributed by atoms with Gasteiger partial charge in [-0.25, -0.2) is 4.79 Å². The first-order valence-electron chi connectivity index (χ1n) is 8.10. The molecule has 0 N–H and O–H groups in total. The van der Waals surface area contributed by atoms with E-state index in [1.165, 1.54) is 0 Å². The van der Waals surface area contributed by atoms with E-state index in [0.29, 0.717) is 22.7 Å². The molecule has 0 spiro atoms. The molecule has 3 aromatic rings. The zero-order valence-corrected chi connectivity index (χ0v) is 15.2. The molecule has 0 bridgehead atoms. The number of aryl methyl sites for hydroxylation is 1. The Morgan fingerprint density at radius 1 is 1.15 bits per heavy atom. The van der Waals surface area contributed by atoms with E-state index in [1.807, 2.05) is 30.5 Å². The summed E-state index contributed by atoms with van der Waals surface area (Å²) < 4.78 is 12.5. The SMILES string of the molecule is Cc1cc(C(=O)OCC(=O)c2ccc(Cl)cc2)c(C)n1Cc1ccco1. The van der Waals surface area contributed by atoms with Gasteiger partial charge in [-0.15, -0.1) is 0 Å². The van der Waals surface area contributed by atoms with Gasteiger partial charge >= 0.3 is 5.97 Å². The van der Waals surface area contributed by atoms with E-state index in [4.69, 9.17) is 20.8 Å². The van der Waals surface area contributed by atoms with E-state index >= 15 is 0 Å². The predicted molar refractivity (Wildman–Crippen MR) is 97.8 cm³/mol. The highest BCUT2D eigenvalue weighted by Gasteiger charge is 2.19. The molecule has 1 aromatic carbocycles. The minimum Gasteiger partial charge on any atom is -0.467 e. The van der Waals surface area contributed by atoms with Crippen molar-refractivity contribution in [3.63, 3.8) is 0 Å². The fourth-order valence-electron chi connectivity index (χ4n) is 2.74.